The highest BCUT2D eigenvalue weighted by atomic mass is 79.9. The molecule has 2 heterocycles. The molecule has 0 N–H and O–H groups in total. The van der Waals surface area contributed by atoms with Crippen LogP contribution in [0.4, 0.5) is 0 Å². The van der Waals surface area contributed by atoms with Crippen molar-refractivity contribution in [1.82, 2.24) is 4.40 Å². The summed E-state index contributed by atoms with van der Waals surface area (Å²) in [4.78, 5) is 11.3. The van der Waals surface area contributed by atoms with E-state index in [2.05, 4.69) is 20.7 Å². The molecule has 0 amide bonds. The monoisotopic (exact) mass is 253 g/mol. The number of carbonyl (C=O) groups is 1. The summed E-state index contributed by atoms with van der Waals surface area (Å²) in [6.07, 6.45) is 1.88. The molecule has 0 aromatic carbocycles. The number of hydrogen-bond donors (Lipinski definition) is 0. The van der Waals surface area contributed by atoms with E-state index in [9.17, 15) is 4.79 Å². The van der Waals surface area contributed by atoms with Gasteiger partial charge in [-0.2, -0.15) is 0 Å². The Labute approximate surface area is 89.4 Å². The van der Waals surface area contributed by atoms with Crippen molar-refractivity contribution < 1.29 is 9.53 Å². The third kappa shape index (κ3) is 1.32. The van der Waals surface area contributed by atoms with E-state index in [0.717, 1.165) is 10.1 Å². The van der Waals surface area contributed by atoms with Gasteiger partial charge in [0.2, 0.25) is 0 Å². The summed E-state index contributed by atoms with van der Waals surface area (Å²) in [5.74, 6) is -0.333. The molecule has 2 aromatic heterocycles. The smallest absolute Gasteiger partial charge is 0.340 e. The Kier molecular flexibility index (Phi) is 2.29. The first-order chi connectivity index (χ1) is 6.74. The molecule has 0 fully saturated rings. The lowest BCUT2D eigenvalue weighted by atomic mass is 10.3. The average molecular weight is 254 g/mol. The van der Waals surface area contributed by atoms with Gasteiger partial charge in [-0.1, -0.05) is 6.07 Å². The van der Waals surface area contributed by atoms with E-state index in [1.807, 2.05) is 28.8 Å². The number of carbonyl (C=O) groups excluding carboxylic acids is 1. The Hall–Kier alpha value is -1.29. The van der Waals surface area contributed by atoms with Crippen molar-refractivity contribution in [2.45, 2.75) is 0 Å². The molecule has 3 nitrogen and oxygen atoms in total. The largest absolute Gasteiger partial charge is 0.465 e. The zero-order chi connectivity index (χ0) is 10.1. The minimum absolute atomic E-state index is 0.333. The maximum Gasteiger partial charge on any atom is 0.340 e. The van der Waals surface area contributed by atoms with Crippen LogP contribution in [0, 0.1) is 0 Å². The fourth-order valence-electron chi connectivity index (χ4n) is 1.34. The second kappa shape index (κ2) is 3.46. The predicted molar refractivity (Wildman–Crippen MR) is 56.4 cm³/mol. The molecule has 0 bridgehead atoms. The van der Waals surface area contributed by atoms with Crippen LogP contribution in [0.3, 0.4) is 0 Å². The average Bonchev–Trinajstić information content (AvgIpc) is 2.56. The number of esters is 1. The number of aromatic nitrogens is 1. The van der Waals surface area contributed by atoms with Crippen molar-refractivity contribution in [3.63, 3.8) is 0 Å². The molecule has 72 valence electrons. The van der Waals surface area contributed by atoms with E-state index in [4.69, 9.17) is 0 Å². The van der Waals surface area contributed by atoms with Gasteiger partial charge in [0.25, 0.3) is 0 Å². The first kappa shape index (κ1) is 9.27. The third-order valence-electron chi connectivity index (χ3n) is 2.02. The topological polar surface area (TPSA) is 30.7 Å². The molecular weight excluding hydrogens is 246 g/mol. The van der Waals surface area contributed by atoms with Crippen molar-refractivity contribution in [3.05, 3.63) is 40.6 Å². The summed E-state index contributed by atoms with van der Waals surface area (Å²) in [6, 6.07) is 7.54. The summed E-state index contributed by atoms with van der Waals surface area (Å²) in [6.45, 7) is 0. The highest BCUT2D eigenvalue weighted by Crippen LogP contribution is 2.22. The van der Waals surface area contributed by atoms with E-state index in [0.29, 0.717) is 5.56 Å². The SMILES string of the molecule is COC(=O)c1cc2ccccn2c1Br. The van der Waals surface area contributed by atoms with Gasteiger partial charge in [-0.15, -0.1) is 0 Å². The van der Waals surface area contributed by atoms with Gasteiger partial charge in [0.15, 0.2) is 0 Å². The Morgan fingerprint density at radius 2 is 2.29 bits per heavy atom. The number of pyridine rings is 1. The van der Waals surface area contributed by atoms with E-state index >= 15 is 0 Å². The molecule has 0 aliphatic heterocycles. The third-order valence-corrected chi connectivity index (χ3v) is 2.83. The Morgan fingerprint density at radius 3 is 2.93 bits per heavy atom. The molecule has 0 unspecified atom stereocenters. The minimum atomic E-state index is -0.333. The molecule has 0 saturated heterocycles. The van der Waals surface area contributed by atoms with Gasteiger partial charge in [-0.05, 0) is 34.1 Å². The molecule has 0 radical (unpaired) electrons. The van der Waals surface area contributed by atoms with E-state index in [-0.39, 0.29) is 5.97 Å². The van der Waals surface area contributed by atoms with Crippen molar-refractivity contribution in [3.8, 4) is 0 Å². The first-order valence-corrected chi connectivity index (χ1v) is 4.87. The zero-order valence-corrected chi connectivity index (χ0v) is 9.11. The van der Waals surface area contributed by atoms with Gasteiger partial charge in [0.05, 0.1) is 12.7 Å². The fraction of sp³-hybridized carbons (Fsp3) is 0.100. The van der Waals surface area contributed by atoms with Gasteiger partial charge >= 0.3 is 5.97 Å². The number of nitrogens with zero attached hydrogens (tertiary/aromatic N) is 1. The van der Waals surface area contributed by atoms with Crippen molar-refractivity contribution in [2.75, 3.05) is 7.11 Å². The van der Waals surface area contributed by atoms with Crippen LogP contribution >= 0.6 is 15.9 Å². The van der Waals surface area contributed by atoms with Gasteiger partial charge in [-0.25, -0.2) is 4.79 Å². The molecule has 2 rings (SSSR count). The summed E-state index contributed by atoms with van der Waals surface area (Å²) in [5, 5.41) is 0. The van der Waals surface area contributed by atoms with Crippen LogP contribution in [0.5, 0.6) is 0 Å². The quantitative estimate of drug-likeness (QED) is 0.732. The highest BCUT2D eigenvalue weighted by Gasteiger charge is 2.14. The minimum Gasteiger partial charge on any atom is -0.465 e. The fourth-order valence-corrected chi connectivity index (χ4v) is 1.94. The van der Waals surface area contributed by atoms with Gasteiger partial charge in [0.1, 0.15) is 4.60 Å². The highest BCUT2D eigenvalue weighted by molar-refractivity contribution is 9.10. The van der Waals surface area contributed by atoms with Crippen LogP contribution in [-0.2, 0) is 4.74 Å². The summed E-state index contributed by atoms with van der Waals surface area (Å²) < 4.78 is 7.27. The van der Waals surface area contributed by atoms with Crippen LogP contribution in [0.25, 0.3) is 5.52 Å². The number of fused-ring (bicyclic) bond motifs is 1. The molecule has 0 aliphatic rings. The van der Waals surface area contributed by atoms with Gasteiger partial charge in [-0.3, -0.25) is 0 Å². The van der Waals surface area contributed by atoms with Crippen LogP contribution in [0.15, 0.2) is 35.1 Å². The molecule has 4 heteroatoms. The van der Waals surface area contributed by atoms with Crippen molar-refractivity contribution in [2.24, 2.45) is 0 Å². The molecule has 0 aliphatic carbocycles. The van der Waals surface area contributed by atoms with E-state index in [1.165, 1.54) is 7.11 Å². The van der Waals surface area contributed by atoms with Crippen LogP contribution < -0.4 is 0 Å². The molecule has 0 saturated carbocycles. The number of rotatable bonds is 1. The van der Waals surface area contributed by atoms with E-state index in [1.54, 1.807) is 6.07 Å². The summed E-state index contributed by atoms with van der Waals surface area (Å²) in [5.41, 5.74) is 1.50. The lowest BCUT2D eigenvalue weighted by Gasteiger charge is -1.96. The maximum atomic E-state index is 11.3. The lowest BCUT2D eigenvalue weighted by molar-refractivity contribution is 0.0600. The summed E-state index contributed by atoms with van der Waals surface area (Å²) >= 11 is 3.36. The standard InChI is InChI=1S/C10H8BrNO2/c1-14-10(13)8-6-7-4-2-3-5-12(7)9(8)11/h2-6H,1H3. The van der Waals surface area contributed by atoms with Crippen LogP contribution in [0.1, 0.15) is 10.4 Å². The molecule has 2 aromatic rings. The molecule has 14 heavy (non-hydrogen) atoms. The van der Waals surface area contributed by atoms with Gasteiger partial charge in [0, 0.05) is 11.7 Å². The van der Waals surface area contributed by atoms with Crippen LogP contribution in [0.2, 0.25) is 0 Å². The van der Waals surface area contributed by atoms with Crippen molar-refractivity contribution >= 4 is 27.4 Å². The number of halogens is 1. The number of methoxy groups -OCH3 is 1. The normalized spacial score (nSPS) is 10.4. The maximum absolute atomic E-state index is 11.3. The van der Waals surface area contributed by atoms with Crippen LogP contribution in [-0.4, -0.2) is 17.5 Å². The van der Waals surface area contributed by atoms with Crippen molar-refractivity contribution in [1.29, 1.82) is 0 Å². The second-order valence-electron chi connectivity index (χ2n) is 2.84. The van der Waals surface area contributed by atoms with Gasteiger partial charge < -0.3 is 9.14 Å². The predicted octanol–water partition coefficient (Wildman–Crippen LogP) is 2.49. The number of ether oxygens (including phenoxy) is 1. The zero-order valence-electron chi connectivity index (χ0n) is 7.53. The lowest BCUT2D eigenvalue weighted by Crippen LogP contribution is -2.00. The number of hydrogen-bond acceptors (Lipinski definition) is 2. The molecule has 0 atom stereocenters. The molecule has 0 spiro atoms. The Morgan fingerprint density at radius 1 is 1.50 bits per heavy atom. The Balaban J connectivity index is 2.68. The second-order valence-corrected chi connectivity index (χ2v) is 3.59. The van der Waals surface area contributed by atoms with E-state index < -0.39 is 0 Å². The Bertz CT molecular complexity index is 490. The summed E-state index contributed by atoms with van der Waals surface area (Å²) in [7, 11) is 1.37. The molecular formula is C10H8BrNO2. The first-order valence-electron chi connectivity index (χ1n) is 4.08.